The van der Waals surface area contributed by atoms with Crippen molar-refractivity contribution in [1.82, 2.24) is 0 Å². The van der Waals surface area contributed by atoms with Gasteiger partial charge in [0.1, 0.15) is 16.4 Å². The zero-order valence-corrected chi connectivity index (χ0v) is 15.0. The highest BCUT2D eigenvalue weighted by molar-refractivity contribution is 7.14. The van der Waals surface area contributed by atoms with E-state index >= 15 is 0 Å². The van der Waals surface area contributed by atoms with Crippen LogP contribution in [0.15, 0.2) is 24.3 Å². The van der Waals surface area contributed by atoms with Gasteiger partial charge in [0.15, 0.2) is 6.61 Å². The average Bonchev–Trinajstić information content (AvgIpc) is 2.99. The van der Waals surface area contributed by atoms with Gasteiger partial charge in [-0.2, -0.15) is 0 Å². The molecular formula is C18H20O5S. The lowest BCUT2D eigenvalue weighted by atomic mass is 10.1. The fourth-order valence-corrected chi connectivity index (χ4v) is 3.29. The Balaban J connectivity index is 2.08. The number of ketones is 1. The Morgan fingerprint density at radius 1 is 1.12 bits per heavy atom. The minimum Gasteiger partial charge on any atom is -0.497 e. The molecule has 1 aromatic carbocycles. The number of Topliss-reactive ketones (excluding diaryl/α,β-unsaturated/α-hetero) is 1. The van der Waals surface area contributed by atoms with Crippen LogP contribution in [-0.4, -0.2) is 32.6 Å². The second-order valence-corrected chi connectivity index (χ2v) is 6.37. The Labute approximate surface area is 145 Å². The van der Waals surface area contributed by atoms with Crippen molar-refractivity contribution < 1.29 is 23.8 Å². The van der Waals surface area contributed by atoms with Gasteiger partial charge < -0.3 is 14.2 Å². The molecule has 1 aromatic heterocycles. The first-order valence-corrected chi connectivity index (χ1v) is 8.33. The lowest BCUT2D eigenvalue weighted by molar-refractivity contribution is 0.0478. The van der Waals surface area contributed by atoms with Crippen molar-refractivity contribution in [2.75, 3.05) is 20.8 Å². The molecule has 0 fully saturated rings. The number of hydrogen-bond acceptors (Lipinski definition) is 6. The van der Waals surface area contributed by atoms with Crippen LogP contribution >= 0.6 is 11.3 Å². The van der Waals surface area contributed by atoms with Crippen molar-refractivity contribution in [3.05, 3.63) is 45.1 Å². The van der Waals surface area contributed by atoms with Crippen molar-refractivity contribution in [3.63, 3.8) is 0 Å². The summed E-state index contributed by atoms with van der Waals surface area (Å²) in [6.07, 6.45) is 0.857. The predicted octanol–water partition coefficient (Wildman–Crippen LogP) is 3.68. The minimum atomic E-state index is -0.488. The fraction of sp³-hybridized carbons (Fsp3) is 0.333. The molecule has 0 aliphatic rings. The highest BCUT2D eigenvalue weighted by Crippen LogP contribution is 2.25. The van der Waals surface area contributed by atoms with Gasteiger partial charge in [-0.1, -0.05) is 6.92 Å². The van der Waals surface area contributed by atoms with E-state index in [4.69, 9.17) is 14.2 Å². The number of ether oxygens (including phenoxy) is 3. The Kier molecular flexibility index (Phi) is 5.98. The second-order valence-electron chi connectivity index (χ2n) is 5.11. The number of aryl methyl sites for hydroxylation is 2. The van der Waals surface area contributed by atoms with Crippen LogP contribution in [-0.2, 0) is 11.2 Å². The molecule has 0 unspecified atom stereocenters. The largest absolute Gasteiger partial charge is 0.497 e. The molecular weight excluding hydrogens is 328 g/mol. The van der Waals surface area contributed by atoms with Crippen molar-refractivity contribution >= 4 is 23.1 Å². The molecule has 0 amide bonds. The molecule has 2 aromatic rings. The monoisotopic (exact) mass is 348 g/mol. The summed E-state index contributed by atoms with van der Waals surface area (Å²) in [5.74, 6) is 0.116. The first-order chi connectivity index (χ1) is 11.5. The molecule has 24 heavy (non-hydrogen) atoms. The van der Waals surface area contributed by atoms with E-state index in [2.05, 4.69) is 0 Å². The van der Waals surface area contributed by atoms with Crippen molar-refractivity contribution in [1.29, 1.82) is 0 Å². The summed E-state index contributed by atoms with van der Waals surface area (Å²) in [7, 11) is 2.99. The van der Waals surface area contributed by atoms with Gasteiger partial charge in [0, 0.05) is 4.88 Å². The van der Waals surface area contributed by atoms with Gasteiger partial charge in [0.25, 0.3) is 0 Å². The number of hydrogen-bond donors (Lipinski definition) is 0. The molecule has 0 spiro atoms. The fourth-order valence-electron chi connectivity index (χ4n) is 2.28. The molecule has 1 heterocycles. The normalized spacial score (nSPS) is 10.3. The Morgan fingerprint density at radius 2 is 1.88 bits per heavy atom. The number of benzene rings is 1. The Morgan fingerprint density at radius 3 is 2.46 bits per heavy atom. The first kappa shape index (κ1) is 18.0. The molecule has 128 valence electrons. The molecule has 0 aliphatic heterocycles. The highest BCUT2D eigenvalue weighted by Gasteiger charge is 2.18. The van der Waals surface area contributed by atoms with Gasteiger partial charge >= 0.3 is 5.97 Å². The van der Waals surface area contributed by atoms with Crippen molar-refractivity contribution in [2.45, 2.75) is 20.3 Å². The van der Waals surface area contributed by atoms with Crippen LogP contribution in [0.25, 0.3) is 0 Å². The number of carbonyl (C=O) groups is 2. The van der Waals surface area contributed by atoms with Gasteiger partial charge in [0.05, 0.1) is 19.8 Å². The standard InChI is InChI=1S/C18H20O5S/c1-5-12-8-17(24-11(12)2)18(20)23-10-15(19)14-9-13(21-3)6-7-16(14)22-4/h6-9H,5,10H2,1-4H3. The number of rotatable bonds is 7. The van der Waals surface area contributed by atoms with Gasteiger partial charge in [-0.15, -0.1) is 11.3 Å². The molecule has 6 heteroatoms. The van der Waals surface area contributed by atoms with Gasteiger partial charge in [-0.3, -0.25) is 4.79 Å². The highest BCUT2D eigenvalue weighted by atomic mass is 32.1. The summed E-state index contributed by atoms with van der Waals surface area (Å²) < 4.78 is 15.4. The molecule has 5 nitrogen and oxygen atoms in total. The van der Waals surface area contributed by atoms with Gasteiger partial charge in [0.2, 0.25) is 5.78 Å². The maximum absolute atomic E-state index is 12.3. The number of thiophene rings is 1. The lowest BCUT2D eigenvalue weighted by Crippen LogP contribution is -2.14. The zero-order chi connectivity index (χ0) is 17.7. The third kappa shape index (κ3) is 3.94. The minimum absolute atomic E-state index is 0.321. The van der Waals surface area contributed by atoms with Crippen LogP contribution in [0.5, 0.6) is 11.5 Å². The Bertz CT molecular complexity index is 748. The third-order valence-corrected chi connectivity index (χ3v) is 4.72. The lowest BCUT2D eigenvalue weighted by Gasteiger charge is -2.09. The predicted molar refractivity (Wildman–Crippen MR) is 92.6 cm³/mol. The molecule has 0 saturated heterocycles. The third-order valence-electron chi connectivity index (χ3n) is 3.64. The van der Waals surface area contributed by atoms with Crippen LogP contribution in [0, 0.1) is 6.92 Å². The zero-order valence-electron chi connectivity index (χ0n) is 14.2. The summed E-state index contributed by atoms with van der Waals surface area (Å²) in [5.41, 5.74) is 1.44. The van der Waals surface area contributed by atoms with Crippen LogP contribution in [0.3, 0.4) is 0 Å². The molecule has 0 bridgehead atoms. The molecule has 0 atom stereocenters. The van der Waals surface area contributed by atoms with Gasteiger partial charge in [-0.25, -0.2) is 4.79 Å². The van der Waals surface area contributed by atoms with Crippen molar-refractivity contribution in [3.8, 4) is 11.5 Å². The SMILES string of the molecule is CCc1cc(C(=O)OCC(=O)c2cc(OC)ccc2OC)sc1C. The number of methoxy groups -OCH3 is 2. The molecule has 0 aliphatic carbocycles. The van der Waals surface area contributed by atoms with Crippen LogP contribution in [0.1, 0.15) is 37.4 Å². The molecule has 0 radical (unpaired) electrons. The quantitative estimate of drug-likeness (QED) is 0.564. The van der Waals surface area contributed by atoms with Crippen molar-refractivity contribution in [2.24, 2.45) is 0 Å². The average molecular weight is 348 g/mol. The van der Waals surface area contributed by atoms with Gasteiger partial charge in [-0.05, 0) is 43.2 Å². The molecule has 2 rings (SSSR count). The maximum atomic E-state index is 12.3. The Hall–Kier alpha value is -2.34. The maximum Gasteiger partial charge on any atom is 0.348 e. The van der Waals surface area contributed by atoms with Crippen LogP contribution in [0.4, 0.5) is 0 Å². The number of carbonyl (C=O) groups excluding carboxylic acids is 2. The number of esters is 1. The van der Waals surface area contributed by atoms with E-state index in [1.165, 1.54) is 25.6 Å². The second kappa shape index (κ2) is 7.97. The smallest absolute Gasteiger partial charge is 0.348 e. The molecule has 0 N–H and O–H groups in total. The van der Waals surface area contributed by atoms with E-state index < -0.39 is 5.97 Å². The van der Waals surface area contributed by atoms with E-state index in [1.54, 1.807) is 18.2 Å². The van der Waals surface area contributed by atoms with E-state index in [9.17, 15) is 9.59 Å². The van der Waals surface area contributed by atoms with E-state index in [1.807, 2.05) is 19.9 Å². The summed E-state index contributed by atoms with van der Waals surface area (Å²) >= 11 is 1.38. The van der Waals surface area contributed by atoms with E-state index in [0.717, 1.165) is 16.9 Å². The summed E-state index contributed by atoms with van der Waals surface area (Å²) in [6.45, 7) is 3.65. The summed E-state index contributed by atoms with van der Waals surface area (Å²) in [6, 6.07) is 6.73. The molecule has 0 saturated carbocycles. The first-order valence-electron chi connectivity index (χ1n) is 7.51. The van der Waals surface area contributed by atoms with Crippen LogP contribution in [0.2, 0.25) is 0 Å². The van der Waals surface area contributed by atoms with E-state index in [0.29, 0.717) is 21.9 Å². The summed E-state index contributed by atoms with van der Waals surface area (Å²) in [5, 5.41) is 0. The summed E-state index contributed by atoms with van der Waals surface area (Å²) in [4.78, 5) is 26.1. The van der Waals surface area contributed by atoms with E-state index in [-0.39, 0.29) is 12.4 Å². The topological polar surface area (TPSA) is 61.8 Å². The van der Waals surface area contributed by atoms with Crippen LogP contribution < -0.4 is 9.47 Å².